The topological polar surface area (TPSA) is 43.1 Å². The fraction of sp³-hybridized carbons (Fsp3) is 0.0741. The van der Waals surface area contributed by atoms with Gasteiger partial charge in [-0.1, -0.05) is 36.4 Å². The number of fused-ring (bicyclic) bond motifs is 14. The normalized spacial score (nSPS) is 13.5. The van der Waals surface area contributed by atoms with Crippen LogP contribution < -0.4 is 0 Å². The van der Waals surface area contributed by atoms with Crippen molar-refractivity contribution in [2.75, 3.05) is 0 Å². The summed E-state index contributed by atoms with van der Waals surface area (Å²) in [6, 6.07) is 19.6. The third kappa shape index (κ3) is 1.84. The van der Waals surface area contributed by atoms with E-state index in [4.69, 9.17) is 9.97 Å². The van der Waals surface area contributed by atoms with Crippen molar-refractivity contribution in [3.63, 3.8) is 0 Å². The van der Waals surface area contributed by atoms with Gasteiger partial charge in [-0.25, -0.2) is 4.98 Å². The second-order valence-corrected chi connectivity index (χ2v) is 8.50. The molecule has 2 aromatic carbocycles. The average Bonchev–Trinajstić information content (AvgIpc) is 3.48. The zero-order valence-electron chi connectivity index (χ0n) is 16.6. The highest BCUT2D eigenvalue weighted by atomic mass is 15.0. The van der Waals surface area contributed by atoms with Crippen LogP contribution in [0.1, 0.15) is 22.4 Å². The van der Waals surface area contributed by atoms with Crippen LogP contribution in [-0.4, -0.2) is 19.4 Å². The molecule has 0 bridgehead atoms. The molecule has 0 fully saturated rings. The monoisotopic (exact) mass is 396 g/mol. The molecule has 0 saturated carbocycles. The Balaban J connectivity index is 1.55. The molecule has 31 heavy (non-hydrogen) atoms. The molecule has 0 N–H and O–H groups in total. The van der Waals surface area contributed by atoms with Gasteiger partial charge < -0.3 is 0 Å². The van der Waals surface area contributed by atoms with Crippen LogP contribution in [0.2, 0.25) is 0 Å². The molecule has 2 aliphatic rings. The minimum atomic E-state index is 0.874. The van der Waals surface area contributed by atoms with Crippen molar-refractivity contribution >= 4 is 27.5 Å². The van der Waals surface area contributed by atoms with Gasteiger partial charge in [0.25, 0.3) is 0 Å². The van der Waals surface area contributed by atoms with E-state index in [0.29, 0.717) is 0 Å². The van der Waals surface area contributed by atoms with Crippen molar-refractivity contribution in [3.8, 4) is 22.4 Å². The number of imidazole rings is 1. The van der Waals surface area contributed by atoms with E-state index >= 15 is 0 Å². The number of aromatic nitrogens is 4. The molecule has 4 nitrogen and oxygen atoms in total. The predicted molar refractivity (Wildman–Crippen MR) is 122 cm³/mol. The summed E-state index contributed by atoms with van der Waals surface area (Å²) in [6.07, 6.45) is 7.51. The molecule has 144 valence electrons. The summed E-state index contributed by atoms with van der Waals surface area (Å²) in [5.74, 6) is 0. The molecule has 0 amide bonds. The predicted octanol–water partition coefficient (Wildman–Crippen LogP) is 5.57. The molecule has 0 aliphatic heterocycles. The van der Waals surface area contributed by atoms with Crippen LogP contribution in [0.15, 0.2) is 73.2 Å². The van der Waals surface area contributed by atoms with Crippen LogP contribution in [0.3, 0.4) is 0 Å². The largest absolute Gasteiger partial charge is 0.290 e. The van der Waals surface area contributed by atoms with Gasteiger partial charge in [0.2, 0.25) is 0 Å². The van der Waals surface area contributed by atoms with E-state index in [1.54, 1.807) is 0 Å². The maximum atomic E-state index is 5.16. The lowest BCUT2D eigenvalue weighted by molar-refractivity contribution is 1.16. The molecule has 0 unspecified atom stereocenters. The first kappa shape index (κ1) is 15.7. The molecule has 6 aromatic rings. The first-order valence-corrected chi connectivity index (χ1v) is 10.6. The van der Waals surface area contributed by atoms with Crippen LogP contribution in [0, 0.1) is 0 Å². The lowest BCUT2D eigenvalue weighted by atomic mass is 9.97. The van der Waals surface area contributed by atoms with Gasteiger partial charge in [0.05, 0.1) is 28.6 Å². The first-order chi connectivity index (χ1) is 15.4. The number of rotatable bonds is 0. The van der Waals surface area contributed by atoms with E-state index < -0.39 is 0 Å². The summed E-state index contributed by atoms with van der Waals surface area (Å²) in [5, 5.41) is 2.20. The van der Waals surface area contributed by atoms with Gasteiger partial charge >= 0.3 is 0 Å². The van der Waals surface area contributed by atoms with E-state index in [1.807, 2.05) is 24.7 Å². The van der Waals surface area contributed by atoms with Gasteiger partial charge in [-0.2, -0.15) is 0 Å². The Hall–Kier alpha value is -4.05. The Morgan fingerprint density at radius 1 is 0.774 bits per heavy atom. The Bertz CT molecular complexity index is 1740. The van der Waals surface area contributed by atoms with Gasteiger partial charge in [-0.05, 0) is 52.4 Å². The van der Waals surface area contributed by atoms with Crippen LogP contribution >= 0.6 is 0 Å². The van der Waals surface area contributed by atoms with Crippen LogP contribution in [0.25, 0.3) is 49.8 Å². The highest BCUT2D eigenvalue weighted by Gasteiger charge is 2.32. The standard InChI is InChI=1S/C27H16N4/c1-2-5-17-15(4-1)12-21-18(17)8-7-16-13-22-26(24(16)21)31-23-14-28-11-9-19(23)25-20(27(31)30-22)6-3-10-29-25/h1-11,14H,12-13H2. The zero-order valence-corrected chi connectivity index (χ0v) is 16.6. The number of pyridine rings is 3. The highest BCUT2D eigenvalue weighted by Crippen LogP contribution is 2.48. The molecule has 4 aromatic heterocycles. The summed E-state index contributed by atoms with van der Waals surface area (Å²) in [6.45, 7) is 0. The first-order valence-electron chi connectivity index (χ1n) is 10.6. The van der Waals surface area contributed by atoms with Gasteiger partial charge in [-0.15, -0.1) is 0 Å². The molecule has 0 saturated heterocycles. The van der Waals surface area contributed by atoms with E-state index in [9.17, 15) is 0 Å². The average molecular weight is 396 g/mol. The fourth-order valence-electron chi connectivity index (χ4n) is 5.71. The summed E-state index contributed by atoms with van der Waals surface area (Å²) in [7, 11) is 0. The summed E-state index contributed by atoms with van der Waals surface area (Å²) in [4.78, 5) is 14.3. The van der Waals surface area contributed by atoms with E-state index in [0.717, 1.165) is 46.0 Å². The number of hydrogen-bond acceptors (Lipinski definition) is 3. The van der Waals surface area contributed by atoms with Crippen LogP contribution in [0.4, 0.5) is 0 Å². The minimum absolute atomic E-state index is 0.874. The molecule has 0 atom stereocenters. The van der Waals surface area contributed by atoms with Gasteiger partial charge in [0, 0.05) is 35.2 Å². The maximum absolute atomic E-state index is 5.16. The molecule has 2 aliphatic carbocycles. The number of benzene rings is 2. The smallest absolute Gasteiger partial charge is 0.147 e. The third-order valence-corrected chi connectivity index (χ3v) is 6.96. The van der Waals surface area contributed by atoms with E-state index in [1.165, 1.54) is 39.1 Å². The molecular formula is C27H16N4. The van der Waals surface area contributed by atoms with Crippen molar-refractivity contribution in [1.29, 1.82) is 0 Å². The Labute approximate surface area is 177 Å². The molecule has 8 rings (SSSR count). The van der Waals surface area contributed by atoms with Crippen molar-refractivity contribution in [1.82, 2.24) is 19.4 Å². The number of nitrogens with zero attached hydrogens (tertiary/aromatic N) is 4. The number of hydrogen-bond donors (Lipinski definition) is 0. The zero-order chi connectivity index (χ0) is 20.1. The summed E-state index contributed by atoms with van der Waals surface area (Å²) < 4.78 is 2.33. The molecular weight excluding hydrogens is 380 g/mol. The van der Waals surface area contributed by atoms with Gasteiger partial charge in [-0.3, -0.25) is 14.4 Å². The second kappa shape index (κ2) is 5.35. The molecule has 4 heterocycles. The molecule has 4 heteroatoms. The van der Waals surface area contributed by atoms with Crippen molar-refractivity contribution in [3.05, 3.63) is 95.6 Å². The maximum Gasteiger partial charge on any atom is 0.147 e. The molecule has 0 radical (unpaired) electrons. The highest BCUT2D eigenvalue weighted by molar-refractivity contribution is 6.10. The molecule has 0 spiro atoms. The third-order valence-electron chi connectivity index (χ3n) is 6.96. The minimum Gasteiger partial charge on any atom is -0.290 e. The van der Waals surface area contributed by atoms with Crippen molar-refractivity contribution in [2.45, 2.75) is 12.8 Å². The van der Waals surface area contributed by atoms with E-state index in [-0.39, 0.29) is 0 Å². The van der Waals surface area contributed by atoms with Gasteiger partial charge in [0.1, 0.15) is 5.65 Å². The Morgan fingerprint density at radius 2 is 1.74 bits per heavy atom. The summed E-state index contributed by atoms with van der Waals surface area (Å²) in [5.41, 5.74) is 13.7. The van der Waals surface area contributed by atoms with Crippen molar-refractivity contribution in [2.24, 2.45) is 0 Å². The lowest BCUT2D eigenvalue weighted by Crippen LogP contribution is -1.97. The van der Waals surface area contributed by atoms with Crippen LogP contribution in [0.5, 0.6) is 0 Å². The van der Waals surface area contributed by atoms with Gasteiger partial charge in [0.15, 0.2) is 0 Å². The fourth-order valence-corrected chi connectivity index (χ4v) is 5.71. The van der Waals surface area contributed by atoms with E-state index in [2.05, 4.69) is 57.9 Å². The second-order valence-electron chi connectivity index (χ2n) is 8.50. The SMILES string of the molecule is c1ccc2c(c1)Cc1c-2ccc2c1-c1c(nc3c4cccnc4c4ccncc4n13)C2. The Kier molecular flexibility index (Phi) is 2.72. The van der Waals surface area contributed by atoms with Crippen LogP contribution in [-0.2, 0) is 12.8 Å². The lowest BCUT2D eigenvalue weighted by Gasteiger charge is -2.12. The summed E-state index contributed by atoms with van der Waals surface area (Å²) >= 11 is 0. The van der Waals surface area contributed by atoms with Crippen molar-refractivity contribution < 1.29 is 0 Å². The Morgan fingerprint density at radius 3 is 2.74 bits per heavy atom. The quantitative estimate of drug-likeness (QED) is 0.315.